The second kappa shape index (κ2) is 5.65. The molecule has 1 fully saturated rings. The highest BCUT2D eigenvalue weighted by molar-refractivity contribution is 5.09. The Kier molecular flexibility index (Phi) is 4.18. The molecule has 1 saturated carbocycles. The fourth-order valence-corrected chi connectivity index (χ4v) is 2.56. The molecule has 0 saturated heterocycles. The molecular weight excluding hydrogens is 214 g/mol. The van der Waals surface area contributed by atoms with E-state index in [1.165, 1.54) is 12.8 Å². The van der Waals surface area contributed by atoms with Crippen LogP contribution in [0.4, 0.5) is 0 Å². The number of nitrogens with two attached hydrogens (primary N) is 1. The van der Waals surface area contributed by atoms with E-state index in [9.17, 15) is 0 Å². The summed E-state index contributed by atoms with van der Waals surface area (Å²) in [6, 6.07) is 2.13. The highest BCUT2D eigenvalue weighted by Crippen LogP contribution is 2.28. The third-order valence-electron chi connectivity index (χ3n) is 3.73. The van der Waals surface area contributed by atoms with Gasteiger partial charge in [0.15, 0.2) is 0 Å². The Hall–Kier alpha value is -0.870. The van der Waals surface area contributed by atoms with Crippen LogP contribution in [-0.2, 0) is 24.8 Å². The molecule has 2 rings (SSSR count). The fraction of sp³-hybridized carbons (Fsp3) is 0.769. The van der Waals surface area contributed by atoms with E-state index in [0.29, 0.717) is 18.6 Å². The van der Waals surface area contributed by atoms with Gasteiger partial charge in [0.2, 0.25) is 0 Å². The van der Waals surface area contributed by atoms with Crippen molar-refractivity contribution in [1.29, 1.82) is 0 Å². The zero-order valence-corrected chi connectivity index (χ0v) is 10.9. The van der Waals surface area contributed by atoms with Crippen LogP contribution in [0.1, 0.15) is 37.6 Å². The van der Waals surface area contributed by atoms with E-state index in [1.54, 1.807) is 0 Å². The van der Waals surface area contributed by atoms with Gasteiger partial charge in [-0.2, -0.15) is 5.10 Å². The minimum absolute atomic E-state index is 0.347. The molecule has 0 spiro atoms. The van der Waals surface area contributed by atoms with Gasteiger partial charge < -0.3 is 10.5 Å². The first kappa shape index (κ1) is 12.6. The maximum absolute atomic E-state index is 5.99. The number of rotatable bonds is 5. The lowest BCUT2D eigenvalue weighted by Crippen LogP contribution is -2.25. The third kappa shape index (κ3) is 2.87. The van der Waals surface area contributed by atoms with Crippen molar-refractivity contribution in [1.82, 2.24) is 9.78 Å². The Morgan fingerprint density at radius 2 is 2.35 bits per heavy atom. The predicted molar refractivity (Wildman–Crippen MR) is 67.6 cm³/mol. The molecule has 1 heterocycles. The molecular formula is C13H23N3O. The van der Waals surface area contributed by atoms with Gasteiger partial charge >= 0.3 is 0 Å². The van der Waals surface area contributed by atoms with Crippen molar-refractivity contribution in [3.05, 3.63) is 17.5 Å². The zero-order valence-electron chi connectivity index (χ0n) is 10.9. The van der Waals surface area contributed by atoms with Gasteiger partial charge in [-0.1, -0.05) is 13.3 Å². The number of aromatic nitrogens is 2. The van der Waals surface area contributed by atoms with Gasteiger partial charge in [-0.15, -0.1) is 0 Å². The lowest BCUT2D eigenvalue weighted by Gasteiger charge is -2.18. The molecule has 96 valence electrons. The number of ether oxygens (including phenoxy) is 1. The van der Waals surface area contributed by atoms with Crippen molar-refractivity contribution in [2.75, 3.05) is 6.54 Å². The summed E-state index contributed by atoms with van der Waals surface area (Å²) in [5.74, 6) is 0.550. The predicted octanol–water partition coefficient (Wildman–Crippen LogP) is 1.63. The van der Waals surface area contributed by atoms with E-state index in [-0.39, 0.29) is 0 Å². The maximum atomic E-state index is 5.99. The number of hydrogen-bond acceptors (Lipinski definition) is 3. The van der Waals surface area contributed by atoms with Crippen molar-refractivity contribution in [3.63, 3.8) is 0 Å². The Bertz CT molecular complexity index is 362. The second-order valence-corrected chi connectivity index (χ2v) is 4.88. The molecule has 1 aliphatic carbocycles. The molecule has 4 heteroatoms. The van der Waals surface area contributed by atoms with E-state index in [2.05, 4.69) is 18.1 Å². The van der Waals surface area contributed by atoms with Crippen molar-refractivity contribution >= 4 is 0 Å². The number of nitrogens with zero attached hydrogens (tertiary/aromatic N) is 2. The van der Waals surface area contributed by atoms with Gasteiger partial charge in [0, 0.05) is 7.05 Å². The zero-order chi connectivity index (χ0) is 12.3. The van der Waals surface area contributed by atoms with Gasteiger partial charge in [0.1, 0.15) is 0 Å². The molecule has 0 amide bonds. The Labute approximate surface area is 103 Å². The molecule has 2 atom stereocenters. The van der Waals surface area contributed by atoms with E-state index in [4.69, 9.17) is 10.5 Å². The summed E-state index contributed by atoms with van der Waals surface area (Å²) in [7, 11) is 1.98. The van der Waals surface area contributed by atoms with Crippen molar-refractivity contribution in [2.45, 2.75) is 45.3 Å². The van der Waals surface area contributed by atoms with Gasteiger partial charge in [-0.05, 0) is 37.8 Å². The van der Waals surface area contributed by atoms with Gasteiger partial charge in [0.05, 0.1) is 24.1 Å². The molecule has 1 aromatic heterocycles. The average Bonchev–Trinajstić information content (AvgIpc) is 2.92. The summed E-state index contributed by atoms with van der Waals surface area (Å²) < 4.78 is 7.91. The highest BCUT2D eigenvalue weighted by atomic mass is 16.5. The van der Waals surface area contributed by atoms with Crippen LogP contribution >= 0.6 is 0 Å². The van der Waals surface area contributed by atoms with E-state index in [1.807, 2.05) is 11.7 Å². The van der Waals surface area contributed by atoms with Gasteiger partial charge in [-0.3, -0.25) is 4.68 Å². The Balaban J connectivity index is 1.90. The molecule has 2 N–H and O–H groups in total. The summed E-state index contributed by atoms with van der Waals surface area (Å²) in [6.45, 7) is 3.52. The lowest BCUT2D eigenvalue weighted by molar-refractivity contribution is 0.0152. The average molecular weight is 237 g/mol. The van der Waals surface area contributed by atoms with Crippen LogP contribution in [-0.4, -0.2) is 22.4 Å². The van der Waals surface area contributed by atoms with E-state index >= 15 is 0 Å². The van der Waals surface area contributed by atoms with Gasteiger partial charge in [-0.25, -0.2) is 0 Å². The lowest BCUT2D eigenvalue weighted by atomic mass is 10.1. The molecule has 1 aliphatic rings. The fourth-order valence-electron chi connectivity index (χ4n) is 2.56. The van der Waals surface area contributed by atoms with Crippen LogP contribution in [0.3, 0.4) is 0 Å². The largest absolute Gasteiger partial charge is 0.372 e. The normalized spacial score (nSPS) is 24.4. The topological polar surface area (TPSA) is 53.1 Å². The molecule has 2 unspecified atom stereocenters. The van der Waals surface area contributed by atoms with Crippen LogP contribution in [0.5, 0.6) is 0 Å². The monoisotopic (exact) mass is 237 g/mol. The SMILES string of the molecule is CCc1cc(COC2CCCC2CN)n(C)n1. The van der Waals surface area contributed by atoms with Crippen LogP contribution in [0.2, 0.25) is 0 Å². The molecule has 1 aromatic rings. The summed E-state index contributed by atoms with van der Waals surface area (Å²) in [6.07, 6.45) is 4.94. The first-order chi connectivity index (χ1) is 8.24. The number of aryl methyl sites for hydroxylation is 2. The highest BCUT2D eigenvalue weighted by Gasteiger charge is 2.26. The minimum atomic E-state index is 0.347. The third-order valence-corrected chi connectivity index (χ3v) is 3.73. The van der Waals surface area contributed by atoms with E-state index < -0.39 is 0 Å². The molecule has 4 nitrogen and oxygen atoms in total. The summed E-state index contributed by atoms with van der Waals surface area (Å²) in [4.78, 5) is 0. The smallest absolute Gasteiger partial charge is 0.0888 e. The van der Waals surface area contributed by atoms with Gasteiger partial charge in [0.25, 0.3) is 0 Å². The molecule has 0 radical (unpaired) electrons. The molecule has 17 heavy (non-hydrogen) atoms. The Morgan fingerprint density at radius 3 is 3.00 bits per heavy atom. The van der Waals surface area contributed by atoms with Crippen LogP contribution in [0.15, 0.2) is 6.07 Å². The quantitative estimate of drug-likeness (QED) is 0.846. The van der Waals surface area contributed by atoms with Crippen molar-refractivity contribution < 1.29 is 4.74 Å². The second-order valence-electron chi connectivity index (χ2n) is 4.88. The number of hydrogen-bond donors (Lipinski definition) is 1. The Morgan fingerprint density at radius 1 is 1.53 bits per heavy atom. The van der Waals surface area contributed by atoms with Crippen molar-refractivity contribution in [2.24, 2.45) is 18.7 Å². The summed E-state index contributed by atoms with van der Waals surface area (Å²) in [5.41, 5.74) is 8.04. The molecule has 0 aromatic carbocycles. The van der Waals surface area contributed by atoms with Crippen LogP contribution in [0.25, 0.3) is 0 Å². The van der Waals surface area contributed by atoms with Crippen LogP contribution in [0, 0.1) is 5.92 Å². The summed E-state index contributed by atoms with van der Waals surface area (Å²) >= 11 is 0. The first-order valence-electron chi connectivity index (χ1n) is 6.58. The maximum Gasteiger partial charge on any atom is 0.0888 e. The van der Waals surface area contributed by atoms with E-state index in [0.717, 1.165) is 30.8 Å². The standard InChI is InChI=1S/C13H23N3O/c1-3-11-7-12(16(2)15-11)9-17-13-6-4-5-10(13)8-14/h7,10,13H,3-6,8-9,14H2,1-2H3. The first-order valence-corrected chi connectivity index (χ1v) is 6.58. The molecule has 0 aliphatic heterocycles. The van der Waals surface area contributed by atoms with Crippen LogP contribution < -0.4 is 5.73 Å². The summed E-state index contributed by atoms with van der Waals surface area (Å²) in [5, 5.41) is 4.43. The minimum Gasteiger partial charge on any atom is -0.372 e. The molecule has 0 bridgehead atoms. The van der Waals surface area contributed by atoms with Crippen molar-refractivity contribution in [3.8, 4) is 0 Å².